The highest BCUT2D eigenvalue weighted by Crippen LogP contribution is 2.43. The van der Waals surface area contributed by atoms with Gasteiger partial charge in [-0.25, -0.2) is 0 Å². The molecule has 0 aromatic heterocycles. The zero-order valence-electron chi connectivity index (χ0n) is 8.67. The van der Waals surface area contributed by atoms with Crippen LogP contribution in [0.2, 0.25) is 19.6 Å². The molecule has 1 saturated heterocycles. The van der Waals surface area contributed by atoms with E-state index in [9.17, 15) is 0 Å². The first-order chi connectivity index (χ1) is 6.03. The fourth-order valence-corrected chi connectivity index (χ4v) is 4.44. The van der Waals surface area contributed by atoms with Gasteiger partial charge in [-0.15, -0.1) is 0 Å². The van der Waals surface area contributed by atoms with Crippen LogP contribution in [0.5, 0.6) is 0 Å². The first-order valence-corrected chi connectivity index (χ1v) is 9.43. The van der Waals surface area contributed by atoms with Crippen LogP contribution in [0, 0.1) is 0 Å². The number of fused-ring (bicyclic) bond motifs is 2. The van der Waals surface area contributed by atoms with Crippen molar-refractivity contribution in [2.24, 2.45) is 0 Å². The van der Waals surface area contributed by atoms with Crippen molar-refractivity contribution in [3.05, 3.63) is 11.8 Å². The second-order valence-corrected chi connectivity index (χ2v) is 10.9. The summed E-state index contributed by atoms with van der Waals surface area (Å²) in [5.74, 6) is 1.30. The number of hydrogen-bond donors (Lipinski definition) is 0. The summed E-state index contributed by atoms with van der Waals surface area (Å²) in [6.07, 6.45) is 6.32. The van der Waals surface area contributed by atoms with E-state index in [1.807, 2.05) is 0 Å². The molecule has 0 N–H and O–H groups in total. The molecular formula is C10H18OSSi. The Bertz CT molecular complexity index is 232. The lowest BCUT2D eigenvalue weighted by atomic mass is 10.2. The summed E-state index contributed by atoms with van der Waals surface area (Å²) in [5.41, 5.74) is 0. The van der Waals surface area contributed by atoms with Gasteiger partial charge in [0.05, 0.1) is 5.76 Å². The monoisotopic (exact) mass is 214 g/mol. The average molecular weight is 214 g/mol. The van der Waals surface area contributed by atoms with Crippen molar-refractivity contribution in [2.75, 3.05) is 0 Å². The fourth-order valence-electron chi connectivity index (χ4n) is 1.97. The largest absolute Gasteiger partial charge is 0.548 e. The Morgan fingerprint density at radius 2 is 2.15 bits per heavy atom. The first-order valence-electron chi connectivity index (χ1n) is 5.08. The molecule has 0 aromatic carbocycles. The second-order valence-electron chi connectivity index (χ2n) is 4.93. The van der Waals surface area contributed by atoms with Crippen LogP contribution in [0.15, 0.2) is 11.8 Å². The van der Waals surface area contributed by atoms with Gasteiger partial charge in [-0.2, -0.15) is 11.8 Å². The Balaban J connectivity index is 2.01. The number of rotatable bonds is 2. The molecule has 0 saturated carbocycles. The summed E-state index contributed by atoms with van der Waals surface area (Å²) in [6.45, 7) is 6.78. The van der Waals surface area contributed by atoms with Crippen LogP contribution in [0.25, 0.3) is 0 Å². The smallest absolute Gasteiger partial charge is 0.241 e. The maximum Gasteiger partial charge on any atom is 0.241 e. The second kappa shape index (κ2) is 3.35. The highest BCUT2D eigenvalue weighted by atomic mass is 32.2. The quantitative estimate of drug-likeness (QED) is 0.652. The highest BCUT2D eigenvalue weighted by molar-refractivity contribution is 8.01. The van der Waals surface area contributed by atoms with Gasteiger partial charge in [0.25, 0.3) is 0 Å². The van der Waals surface area contributed by atoms with Crippen molar-refractivity contribution in [2.45, 2.75) is 49.4 Å². The third-order valence-corrected chi connectivity index (χ3v) is 4.76. The number of thioether (sulfide) groups is 1. The minimum atomic E-state index is -1.35. The van der Waals surface area contributed by atoms with Gasteiger partial charge in [0.2, 0.25) is 8.32 Å². The van der Waals surface area contributed by atoms with Gasteiger partial charge >= 0.3 is 0 Å². The number of allylic oxidation sites excluding steroid dienone is 1. The van der Waals surface area contributed by atoms with Gasteiger partial charge in [0, 0.05) is 16.9 Å². The first kappa shape index (κ1) is 9.65. The van der Waals surface area contributed by atoms with E-state index in [1.165, 1.54) is 25.0 Å². The lowest BCUT2D eigenvalue weighted by Gasteiger charge is -2.26. The maximum atomic E-state index is 6.05. The molecule has 2 atom stereocenters. The van der Waals surface area contributed by atoms with E-state index >= 15 is 0 Å². The molecule has 74 valence electrons. The third kappa shape index (κ3) is 2.53. The van der Waals surface area contributed by atoms with E-state index in [2.05, 4.69) is 37.5 Å². The standard InChI is InChI=1S/C10H18OSSi/c1-13(2,3)11-8-6-9-4-5-10(7-8)12-9/h6,9-10H,4-5,7H2,1-3H3. The predicted molar refractivity (Wildman–Crippen MR) is 61.5 cm³/mol. The van der Waals surface area contributed by atoms with E-state index in [0.29, 0.717) is 0 Å². The average Bonchev–Trinajstić information content (AvgIpc) is 2.27. The molecule has 0 radical (unpaired) electrons. The Labute approximate surface area is 86.1 Å². The van der Waals surface area contributed by atoms with Gasteiger partial charge in [-0.05, 0) is 38.6 Å². The van der Waals surface area contributed by atoms with Gasteiger partial charge in [0.1, 0.15) is 0 Å². The molecular weight excluding hydrogens is 196 g/mol. The summed E-state index contributed by atoms with van der Waals surface area (Å²) in [6, 6.07) is 0. The fraction of sp³-hybridized carbons (Fsp3) is 0.800. The Kier molecular flexibility index (Phi) is 2.49. The Morgan fingerprint density at radius 3 is 2.77 bits per heavy atom. The zero-order valence-corrected chi connectivity index (χ0v) is 10.5. The lowest BCUT2D eigenvalue weighted by molar-refractivity contribution is 0.397. The molecule has 3 heteroatoms. The van der Waals surface area contributed by atoms with E-state index in [4.69, 9.17) is 4.43 Å². The predicted octanol–water partition coefficient (Wildman–Crippen LogP) is 3.39. The van der Waals surface area contributed by atoms with Gasteiger partial charge in [-0.3, -0.25) is 0 Å². The maximum absolute atomic E-state index is 6.05. The number of hydrogen-bond acceptors (Lipinski definition) is 2. The summed E-state index contributed by atoms with van der Waals surface area (Å²) in [5, 5.41) is 1.63. The molecule has 2 bridgehead atoms. The van der Waals surface area contributed by atoms with Crippen molar-refractivity contribution in [3.8, 4) is 0 Å². The minimum Gasteiger partial charge on any atom is -0.548 e. The van der Waals surface area contributed by atoms with Crippen LogP contribution in [0.1, 0.15) is 19.3 Å². The van der Waals surface area contributed by atoms with E-state index in [1.54, 1.807) is 0 Å². The molecule has 1 nitrogen and oxygen atoms in total. The summed E-state index contributed by atoms with van der Waals surface area (Å²) < 4.78 is 6.05. The summed E-state index contributed by atoms with van der Waals surface area (Å²) >= 11 is 2.14. The van der Waals surface area contributed by atoms with Gasteiger partial charge in [-0.1, -0.05) is 0 Å². The van der Waals surface area contributed by atoms with Crippen molar-refractivity contribution >= 4 is 20.1 Å². The molecule has 13 heavy (non-hydrogen) atoms. The van der Waals surface area contributed by atoms with E-state index in [-0.39, 0.29) is 0 Å². The van der Waals surface area contributed by atoms with Crippen molar-refractivity contribution in [3.63, 3.8) is 0 Å². The van der Waals surface area contributed by atoms with Crippen molar-refractivity contribution < 1.29 is 4.43 Å². The van der Waals surface area contributed by atoms with Gasteiger partial charge in [0.15, 0.2) is 0 Å². The molecule has 2 aliphatic heterocycles. The van der Waals surface area contributed by atoms with Crippen molar-refractivity contribution in [1.82, 2.24) is 0 Å². The molecule has 2 aliphatic rings. The molecule has 2 heterocycles. The molecule has 2 unspecified atom stereocenters. The molecule has 0 aliphatic carbocycles. The van der Waals surface area contributed by atoms with E-state index < -0.39 is 8.32 Å². The SMILES string of the molecule is C[Si](C)(C)OC1=CC2CCC(C1)S2. The summed E-state index contributed by atoms with van der Waals surface area (Å²) in [7, 11) is -1.35. The topological polar surface area (TPSA) is 9.23 Å². The van der Waals surface area contributed by atoms with Crippen LogP contribution in [0.4, 0.5) is 0 Å². The highest BCUT2D eigenvalue weighted by Gasteiger charge is 2.31. The Morgan fingerprint density at radius 1 is 1.38 bits per heavy atom. The molecule has 0 aromatic rings. The molecule has 0 amide bonds. The van der Waals surface area contributed by atoms with Crippen molar-refractivity contribution in [1.29, 1.82) is 0 Å². The van der Waals surface area contributed by atoms with Crippen LogP contribution in [0.3, 0.4) is 0 Å². The molecule has 0 spiro atoms. The Hall–Kier alpha value is 0.107. The molecule has 1 fully saturated rings. The van der Waals surface area contributed by atoms with Gasteiger partial charge < -0.3 is 4.43 Å². The minimum absolute atomic E-state index is 0.769. The third-order valence-electron chi connectivity index (χ3n) is 2.38. The summed E-state index contributed by atoms with van der Waals surface area (Å²) in [4.78, 5) is 0. The molecule has 2 rings (SSSR count). The van der Waals surface area contributed by atoms with Crippen LogP contribution in [-0.2, 0) is 4.43 Å². The normalized spacial score (nSPS) is 33.0. The van der Waals surface area contributed by atoms with Crippen LogP contribution >= 0.6 is 11.8 Å². The lowest BCUT2D eigenvalue weighted by Crippen LogP contribution is -2.26. The van der Waals surface area contributed by atoms with Crippen LogP contribution in [-0.4, -0.2) is 18.8 Å². The van der Waals surface area contributed by atoms with E-state index in [0.717, 1.165) is 10.5 Å². The van der Waals surface area contributed by atoms with Crippen LogP contribution < -0.4 is 0 Å². The zero-order chi connectivity index (χ0) is 9.47.